The van der Waals surface area contributed by atoms with E-state index < -0.39 is 0 Å². The van der Waals surface area contributed by atoms with Gasteiger partial charge >= 0.3 is 0 Å². The lowest BCUT2D eigenvalue weighted by Crippen LogP contribution is -2.26. The fourth-order valence-electron chi connectivity index (χ4n) is 2.48. The van der Waals surface area contributed by atoms with Crippen molar-refractivity contribution in [1.82, 2.24) is 0 Å². The minimum absolute atomic E-state index is 0.148. The summed E-state index contributed by atoms with van der Waals surface area (Å²) in [6.07, 6.45) is 1.26. The van der Waals surface area contributed by atoms with Crippen LogP contribution in [0.1, 0.15) is 23.2 Å². The Balaban J connectivity index is 1.61. The van der Waals surface area contributed by atoms with E-state index in [4.69, 9.17) is 27.9 Å². The number of rotatable bonds is 4. The number of amides is 2. The summed E-state index contributed by atoms with van der Waals surface area (Å²) in [7, 11) is 0. The van der Waals surface area contributed by atoms with Gasteiger partial charge in [0.25, 0.3) is 11.8 Å². The van der Waals surface area contributed by atoms with Crippen molar-refractivity contribution in [1.29, 1.82) is 0 Å². The van der Waals surface area contributed by atoms with Gasteiger partial charge < -0.3 is 15.4 Å². The summed E-state index contributed by atoms with van der Waals surface area (Å²) in [5, 5.41) is 6.28. The molecule has 25 heavy (non-hydrogen) atoms. The number of benzene rings is 2. The van der Waals surface area contributed by atoms with Crippen LogP contribution in [0.3, 0.4) is 0 Å². The lowest BCUT2D eigenvalue weighted by atomic mass is 10.2. The average molecular weight is 379 g/mol. The first kappa shape index (κ1) is 17.7. The smallest absolute Gasteiger partial charge is 0.255 e. The van der Waals surface area contributed by atoms with Crippen molar-refractivity contribution in [2.24, 2.45) is 0 Å². The second-order valence-electron chi connectivity index (χ2n) is 5.65. The molecule has 0 saturated carbocycles. The molecule has 0 radical (unpaired) electrons. The minimum Gasteiger partial charge on any atom is -0.368 e. The normalized spacial score (nSPS) is 16.5. The van der Waals surface area contributed by atoms with Crippen LogP contribution in [-0.4, -0.2) is 24.5 Å². The number of anilines is 2. The summed E-state index contributed by atoms with van der Waals surface area (Å²) >= 11 is 11.8. The maximum atomic E-state index is 12.2. The highest BCUT2D eigenvalue weighted by molar-refractivity contribution is 6.42. The first-order valence-electron chi connectivity index (χ1n) is 7.82. The Morgan fingerprint density at radius 3 is 2.24 bits per heavy atom. The fraction of sp³-hybridized carbons (Fsp3) is 0.222. The summed E-state index contributed by atoms with van der Waals surface area (Å²) < 4.78 is 5.34. The number of nitrogens with one attached hydrogen (secondary N) is 2. The van der Waals surface area contributed by atoms with Crippen LogP contribution in [0.5, 0.6) is 0 Å². The summed E-state index contributed by atoms with van der Waals surface area (Å²) in [4.78, 5) is 24.2. The molecule has 3 rings (SSSR count). The van der Waals surface area contributed by atoms with E-state index in [1.54, 1.807) is 36.4 Å². The van der Waals surface area contributed by atoms with E-state index in [0.717, 1.165) is 12.8 Å². The van der Waals surface area contributed by atoms with E-state index in [9.17, 15) is 9.59 Å². The molecule has 2 amide bonds. The van der Waals surface area contributed by atoms with Gasteiger partial charge in [-0.25, -0.2) is 0 Å². The molecule has 0 bridgehead atoms. The Morgan fingerprint density at radius 2 is 1.64 bits per heavy atom. The van der Waals surface area contributed by atoms with Crippen LogP contribution in [0.2, 0.25) is 10.0 Å². The molecular formula is C18H16Cl2N2O3. The van der Waals surface area contributed by atoms with E-state index in [-0.39, 0.29) is 17.9 Å². The predicted octanol–water partition coefficient (Wildman–Crippen LogP) is 4.36. The maximum absolute atomic E-state index is 12.2. The number of carbonyl (C=O) groups excluding carboxylic acids is 2. The van der Waals surface area contributed by atoms with Crippen LogP contribution in [0.15, 0.2) is 42.5 Å². The zero-order valence-electron chi connectivity index (χ0n) is 13.2. The highest BCUT2D eigenvalue weighted by atomic mass is 35.5. The molecule has 1 aliphatic rings. The predicted molar refractivity (Wildman–Crippen MR) is 98.5 cm³/mol. The van der Waals surface area contributed by atoms with Crippen LogP contribution < -0.4 is 10.6 Å². The second kappa shape index (κ2) is 7.87. The summed E-state index contributed by atoms with van der Waals surface area (Å²) in [6.45, 7) is 0.623. The third-order valence-corrected chi connectivity index (χ3v) is 4.55. The molecule has 0 aromatic heterocycles. The first-order chi connectivity index (χ1) is 12.0. The molecule has 0 aliphatic carbocycles. The fourth-order valence-corrected chi connectivity index (χ4v) is 2.78. The van der Waals surface area contributed by atoms with Gasteiger partial charge in [-0.05, 0) is 55.3 Å². The van der Waals surface area contributed by atoms with Gasteiger partial charge in [0.1, 0.15) is 6.10 Å². The van der Waals surface area contributed by atoms with Gasteiger partial charge in [-0.1, -0.05) is 23.2 Å². The van der Waals surface area contributed by atoms with Crippen LogP contribution in [0, 0.1) is 0 Å². The summed E-state index contributed by atoms with van der Waals surface area (Å²) in [5.41, 5.74) is 1.66. The molecule has 130 valence electrons. The molecule has 2 aromatic carbocycles. The van der Waals surface area contributed by atoms with Gasteiger partial charge in [0.15, 0.2) is 0 Å². The van der Waals surface area contributed by atoms with Crippen molar-refractivity contribution < 1.29 is 14.3 Å². The molecular weight excluding hydrogens is 363 g/mol. The largest absolute Gasteiger partial charge is 0.368 e. The molecule has 7 heteroatoms. The number of halogens is 2. The maximum Gasteiger partial charge on any atom is 0.255 e. The summed E-state index contributed by atoms with van der Waals surface area (Å²) in [5.74, 6) is -0.445. The van der Waals surface area contributed by atoms with Gasteiger partial charge in [-0.15, -0.1) is 0 Å². The van der Waals surface area contributed by atoms with Gasteiger partial charge in [0, 0.05) is 23.5 Å². The number of hydrogen-bond acceptors (Lipinski definition) is 3. The Morgan fingerprint density at radius 1 is 0.960 bits per heavy atom. The third-order valence-electron chi connectivity index (χ3n) is 3.81. The standard InChI is InChI=1S/C18H16Cl2N2O3/c19-14-8-3-11(10-15(14)20)17(23)21-12-4-6-13(7-5-12)22-18(24)16-2-1-9-25-16/h3-8,10,16H,1-2,9H2,(H,21,23)(H,22,24). The molecule has 1 aliphatic heterocycles. The van der Waals surface area contributed by atoms with Gasteiger partial charge in [0.2, 0.25) is 0 Å². The molecule has 1 atom stereocenters. The quantitative estimate of drug-likeness (QED) is 0.829. The van der Waals surface area contributed by atoms with Crippen LogP contribution >= 0.6 is 23.2 Å². The Hall–Kier alpha value is -2.08. The van der Waals surface area contributed by atoms with E-state index in [0.29, 0.717) is 33.6 Å². The molecule has 2 N–H and O–H groups in total. The number of carbonyl (C=O) groups is 2. The second-order valence-corrected chi connectivity index (χ2v) is 6.47. The first-order valence-corrected chi connectivity index (χ1v) is 8.57. The highest BCUT2D eigenvalue weighted by Gasteiger charge is 2.23. The van der Waals surface area contributed by atoms with E-state index in [2.05, 4.69) is 10.6 Å². The molecule has 1 saturated heterocycles. The molecule has 5 nitrogen and oxygen atoms in total. The Bertz CT molecular complexity index is 787. The molecule has 1 fully saturated rings. The zero-order valence-corrected chi connectivity index (χ0v) is 14.7. The SMILES string of the molecule is O=C(Nc1ccc(NC(=O)C2CCCO2)cc1)c1ccc(Cl)c(Cl)c1. The van der Waals surface area contributed by atoms with Crippen molar-refractivity contribution in [3.05, 3.63) is 58.1 Å². The van der Waals surface area contributed by atoms with Crippen molar-refractivity contribution in [3.8, 4) is 0 Å². The van der Waals surface area contributed by atoms with Crippen molar-refractivity contribution in [2.45, 2.75) is 18.9 Å². The third kappa shape index (κ3) is 4.51. The van der Waals surface area contributed by atoms with E-state index >= 15 is 0 Å². The Labute approximate surface area is 155 Å². The van der Waals surface area contributed by atoms with Crippen LogP contribution in [0.25, 0.3) is 0 Å². The molecule has 1 heterocycles. The van der Waals surface area contributed by atoms with Crippen LogP contribution in [0.4, 0.5) is 11.4 Å². The van der Waals surface area contributed by atoms with E-state index in [1.165, 1.54) is 6.07 Å². The van der Waals surface area contributed by atoms with Crippen LogP contribution in [-0.2, 0) is 9.53 Å². The molecule has 0 spiro atoms. The van der Waals surface area contributed by atoms with Gasteiger partial charge in [-0.3, -0.25) is 9.59 Å². The van der Waals surface area contributed by atoms with Crippen molar-refractivity contribution in [3.63, 3.8) is 0 Å². The number of hydrogen-bond donors (Lipinski definition) is 2. The topological polar surface area (TPSA) is 67.4 Å². The highest BCUT2D eigenvalue weighted by Crippen LogP contribution is 2.23. The van der Waals surface area contributed by atoms with Crippen molar-refractivity contribution >= 4 is 46.4 Å². The molecule has 1 unspecified atom stereocenters. The van der Waals surface area contributed by atoms with Crippen molar-refractivity contribution in [2.75, 3.05) is 17.2 Å². The Kier molecular flexibility index (Phi) is 5.58. The monoisotopic (exact) mass is 378 g/mol. The zero-order chi connectivity index (χ0) is 17.8. The van der Waals surface area contributed by atoms with Gasteiger partial charge in [0.05, 0.1) is 10.0 Å². The van der Waals surface area contributed by atoms with Gasteiger partial charge in [-0.2, -0.15) is 0 Å². The average Bonchev–Trinajstić information content (AvgIpc) is 3.14. The number of ether oxygens (including phenoxy) is 1. The minimum atomic E-state index is -0.381. The lowest BCUT2D eigenvalue weighted by Gasteiger charge is -2.11. The lowest BCUT2D eigenvalue weighted by molar-refractivity contribution is -0.124. The van der Waals surface area contributed by atoms with E-state index in [1.807, 2.05) is 0 Å². The molecule has 2 aromatic rings. The summed E-state index contributed by atoms with van der Waals surface area (Å²) in [6, 6.07) is 11.5.